The maximum atomic E-state index is 12.0. The van der Waals surface area contributed by atoms with Gasteiger partial charge >= 0.3 is 11.9 Å². The third-order valence-electron chi connectivity index (χ3n) is 2.76. The second-order valence-electron chi connectivity index (χ2n) is 4.26. The molecule has 0 bridgehead atoms. The van der Waals surface area contributed by atoms with Gasteiger partial charge in [0.05, 0.1) is 6.61 Å². The number of aliphatic hydroxyl groups is 1. The normalized spacial score (nSPS) is 10.0. The van der Waals surface area contributed by atoms with Gasteiger partial charge < -0.3 is 19.7 Å². The summed E-state index contributed by atoms with van der Waals surface area (Å²) in [6.07, 6.45) is 0. The Kier molecular flexibility index (Phi) is 5.11. The number of rotatable bonds is 5. The number of hydrogen-bond donors (Lipinski definition) is 2. The number of phenols is 1. The van der Waals surface area contributed by atoms with E-state index in [2.05, 4.69) is 0 Å². The molecule has 114 valence electrons. The number of ether oxygens (including phenoxy) is 2. The molecule has 0 radical (unpaired) electrons. The van der Waals surface area contributed by atoms with Crippen LogP contribution in [0.3, 0.4) is 0 Å². The molecule has 0 aromatic heterocycles. The number of benzene rings is 2. The molecule has 6 nitrogen and oxygen atoms in total. The zero-order chi connectivity index (χ0) is 15.9. The smallest absolute Gasteiger partial charge is 0.347 e. The molecular weight excluding hydrogens is 288 g/mol. The summed E-state index contributed by atoms with van der Waals surface area (Å²) < 4.78 is 9.95. The van der Waals surface area contributed by atoms with Crippen LogP contribution in [0.4, 0.5) is 0 Å². The molecule has 2 N–H and O–H groups in total. The molecule has 0 saturated carbocycles. The summed E-state index contributed by atoms with van der Waals surface area (Å²) in [6.45, 7) is -0.452. The highest BCUT2D eigenvalue weighted by molar-refractivity contribution is 5.97. The number of phenolic OH excluding ortho intramolecular Hbond substituents is 1. The van der Waals surface area contributed by atoms with Crippen LogP contribution in [0.25, 0.3) is 0 Å². The minimum absolute atomic E-state index is 0.0127. The van der Waals surface area contributed by atoms with E-state index in [4.69, 9.17) is 14.6 Å². The van der Waals surface area contributed by atoms with Crippen LogP contribution in [0.2, 0.25) is 0 Å². The van der Waals surface area contributed by atoms with Crippen LogP contribution in [0.5, 0.6) is 11.5 Å². The van der Waals surface area contributed by atoms with Crippen LogP contribution >= 0.6 is 0 Å². The zero-order valence-corrected chi connectivity index (χ0v) is 11.6. The summed E-state index contributed by atoms with van der Waals surface area (Å²) in [4.78, 5) is 23.9. The maximum absolute atomic E-state index is 12.0. The Morgan fingerprint density at radius 1 is 0.909 bits per heavy atom. The number of carbonyl (C=O) groups is 2. The number of carbonyl (C=O) groups excluding carboxylic acids is 2. The van der Waals surface area contributed by atoms with Crippen LogP contribution in [-0.2, 0) is 4.74 Å². The summed E-state index contributed by atoms with van der Waals surface area (Å²) in [5, 5.41) is 18.3. The van der Waals surface area contributed by atoms with Crippen molar-refractivity contribution < 1.29 is 29.3 Å². The van der Waals surface area contributed by atoms with Gasteiger partial charge in [-0.1, -0.05) is 24.3 Å². The maximum Gasteiger partial charge on any atom is 0.347 e. The highest BCUT2D eigenvalue weighted by Crippen LogP contribution is 2.23. The summed E-state index contributed by atoms with van der Waals surface area (Å²) in [5.41, 5.74) is 0.0424. The molecule has 0 fully saturated rings. The van der Waals surface area contributed by atoms with Crippen LogP contribution in [0.1, 0.15) is 20.7 Å². The van der Waals surface area contributed by atoms with Gasteiger partial charge in [-0.25, -0.2) is 9.59 Å². The van der Waals surface area contributed by atoms with Gasteiger partial charge in [-0.05, 0) is 24.3 Å². The second-order valence-corrected chi connectivity index (χ2v) is 4.26. The first kappa shape index (κ1) is 15.5. The van der Waals surface area contributed by atoms with Crippen LogP contribution in [-0.4, -0.2) is 35.4 Å². The monoisotopic (exact) mass is 302 g/mol. The highest BCUT2D eigenvalue weighted by atomic mass is 16.6. The number of hydrogen-bond acceptors (Lipinski definition) is 6. The topological polar surface area (TPSA) is 93.1 Å². The minimum Gasteiger partial charge on any atom is -0.507 e. The van der Waals surface area contributed by atoms with Gasteiger partial charge in [-0.2, -0.15) is 0 Å². The molecule has 0 aliphatic rings. The van der Waals surface area contributed by atoms with Crippen LogP contribution in [0.15, 0.2) is 48.5 Å². The molecule has 0 heterocycles. The van der Waals surface area contributed by atoms with Gasteiger partial charge in [0.1, 0.15) is 29.2 Å². The van der Waals surface area contributed by atoms with Gasteiger partial charge in [-0.15, -0.1) is 0 Å². The average molecular weight is 302 g/mol. The molecule has 0 amide bonds. The lowest BCUT2D eigenvalue weighted by Gasteiger charge is -2.10. The fraction of sp³-hybridized carbons (Fsp3) is 0.125. The molecule has 2 aromatic rings. The highest BCUT2D eigenvalue weighted by Gasteiger charge is 2.18. The van der Waals surface area contributed by atoms with Gasteiger partial charge in [0, 0.05) is 0 Å². The van der Waals surface area contributed by atoms with E-state index in [0.29, 0.717) is 0 Å². The molecule has 0 saturated heterocycles. The van der Waals surface area contributed by atoms with Gasteiger partial charge in [0.15, 0.2) is 0 Å². The van der Waals surface area contributed by atoms with E-state index >= 15 is 0 Å². The number of para-hydroxylation sites is 2. The predicted octanol–water partition coefficient (Wildman–Crippen LogP) is 1.76. The molecule has 2 rings (SSSR count). The van der Waals surface area contributed by atoms with E-state index in [1.165, 1.54) is 24.3 Å². The largest absolute Gasteiger partial charge is 0.507 e. The van der Waals surface area contributed by atoms with Gasteiger partial charge in [0.2, 0.25) is 0 Å². The summed E-state index contributed by atoms with van der Waals surface area (Å²) in [5.74, 6) is -1.71. The molecule has 22 heavy (non-hydrogen) atoms. The van der Waals surface area contributed by atoms with Crippen LogP contribution in [0, 0.1) is 0 Å². The fourth-order valence-corrected chi connectivity index (χ4v) is 1.74. The summed E-state index contributed by atoms with van der Waals surface area (Å²) >= 11 is 0. The van der Waals surface area contributed by atoms with Crippen molar-refractivity contribution in [2.75, 3.05) is 13.2 Å². The lowest BCUT2D eigenvalue weighted by molar-refractivity contribution is 0.0429. The molecule has 0 unspecified atom stereocenters. The Labute approximate surface area is 126 Å². The van der Waals surface area contributed by atoms with E-state index in [-0.39, 0.29) is 35.8 Å². The van der Waals surface area contributed by atoms with Crippen LogP contribution < -0.4 is 4.74 Å². The minimum atomic E-state index is -0.791. The third-order valence-corrected chi connectivity index (χ3v) is 2.76. The summed E-state index contributed by atoms with van der Waals surface area (Å²) in [7, 11) is 0. The molecule has 6 heteroatoms. The van der Waals surface area contributed by atoms with Crippen molar-refractivity contribution in [1.82, 2.24) is 0 Å². The fourth-order valence-electron chi connectivity index (χ4n) is 1.74. The van der Waals surface area contributed by atoms with E-state index in [1.54, 1.807) is 24.3 Å². The van der Waals surface area contributed by atoms with Crippen molar-refractivity contribution in [3.05, 3.63) is 59.7 Å². The molecule has 0 aliphatic heterocycles. The zero-order valence-electron chi connectivity index (χ0n) is 11.6. The van der Waals surface area contributed by atoms with E-state index < -0.39 is 11.9 Å². The average Bonchev–Trinajstić information content (AvgIpc) is 2.53. The quantitative estimate of drug-likeness (QED) is 0.646. The first-order chi connectivity index (χ1) is 10.6. The first-order valence-electron chi connectivity index (χ1n) is 6.50. The molecule has 0 aliphatic carbocycles. The predicted molar refractivity (Wildman–Crippen MR) is 76.9 cm³/mol. The van der Waals surface area contributed by atoms with Crippen molar-refractivity contribution in [2.45, 2.75) is 0 Å². The van der Waals surface area contributed by atoms with E-state index in [0.717, 1.165) is 0 Å². The van der Waals surface area contributed by atoms with Crippen molar-refractivity contribution in [1.29, 1.82) is 0 Å². The third kappa shape index (κ3) is 3.62. The second kappa shape index (κ2) is 7.24. The molecule has 2 aromatic carbocycles. The summed E-state index contributed by atoms with van der Waals surface area (Å²) in [6, 6.07) is 12.0. The Morgan fingerprint density at radius 2 is 1.55 bits per heavy atom. The number of aromatic hydroxyl groups is 1. The first-order valence-corrected chi connectivity index (χ1v) is 6.50. The van der Waals surface area contributed by atoms with Gasteiger partial charge in [0.25, 0.3) is 0 Å². The standard InChI is InChI=1S/C16H14O6/c17-9-10-21-15(19)12-6-2-4-8-14(12)22-16(20)11-5-1-3-7-13(11)18/h1-8,17-18H,9-10H2. The molecular formula is C16H14O6. The van der Waals surface area contributed by atoms with E-state index in [9.17, 15) is 14.7 Å². The SMILES string of the molecule is O=C(Oc1ccccc1C(=O)OCCO)c1ccccc1O. The van der Waals surface area contributed by atoms with Crippen molar-refractivity contribution in [2.24, 2.45) is 0 Å². The van der Waals surface area contributed by atoms with Crippen molar-refractivity contribution in [3.8, 4) is 11.5 Å². The Balaban J connectivity index is 2.21. The van der Waals surface area contributed by atoms with Gasteiger partial charge in [-0.3, -0.25) is 0 Å². The van der Waals surface area contributed by atoms with E-state index in [1.807, 2.05) is 0 Å². The molecule has 0 atom stereocenters. The van der Waals surface area contributed by atoms with Crippen molar-refractivity contribution >= 4 is 11.9 Å². The Bertz CT molecular complexity index is 680. The molecule has 0 spiro atoms. The lowest BCUT2D eigenvalue weighted by Crippen LogP contribution is -2.14. The number of aliphatic hydroxyl groups excluding tert-OH is 1. The number of esters is 2. The lowest BCUT2D eigenvalue weighted by atomic mass is 10.2. The Hall–Kier alpha value is -2.86. The Morgan fingerprint density at radius 3 is 2.23 bits per heavy atom. The van der Waals surface area contributed by atoms with Crippen molar-refractivity contribution in [3.63, 3.8) is 0 Å².